The number of nitrogens with zero attached hydrogens (tertiary/aromatic N) is 3. The van der Waals surface area contributed by atoms with Gasteiger partial charge in [0, 0.05) is 0 Å². The van der Waals surface area contributed by atoms with E-state index in [1.165, 1.54) is 12.4 Å². The van der Waals surface area contributed by atoms with Gasteiger partial charge in [-0.1, -0.05) is 0 Å². The van der Waals surface area contributed by atoms with E-state index >= 15 is 0 Å². The second-order valence-electron chi connectivity index (χ2n) is 2.15. The van der Waals surface area contributed by atoms with Crippen LogP contribution in [-0.4, -0.2) is 25.4 Å². The van der Waals surface area contributed by atoms with Crippen molar-refractivity contribution in [1.82, 2.24) is 20.2 Å². The first kappa shape index (κ1) is 7.17. The average Bonchev–Trinajstić information content (AvgIpc) is 2.49. The smallest absolute Gasteiger partial charge is 0.270 e. The molecule has 12 heavy (non-hydrogen) atoms. The lowest BCUT2D eigenvalue weighted by Crippen LogP contribution is -1.98. The molecule has 0 unspecified atom stereocenters. The Morgan fingerprint density at radius 3 is 3.08 bits per heavy atom. The molecule has 0 aromatic heterocycles. The lowest BCUT2D eigenvalue weighted by Gasteiger charge is -1.96. The summed E-state index contributed by atoms with van der Waals surface area (Å²) >= 11 is 5.22. The SMILES string of the molecule is O=C(Cl)c1cnc2nncc-2[nH]1. The molecule has 6 heteroatoms. The maximum Gasteiger partial charge on any atom is 0.270 e. The highest BCUT2D eigenvalue weighted by atomic mass is 35.5. The molecule has 60 valence electrons. The third kappa shape index (κ3) is 1.04. The zero-order valence-corrected chi connectivity index (χ0v) is 6.54. The summed E-state index contributed by atoms with van der Waals surface area (Å²) in [6, 6.07) is 0. The maximum atomic E-state index is 10.7. The van der Waals surface area contributed by atoms with Crippen LogP contribution in [0.25, 0.3) is 11.5 Å². The van der Waals surface area contributed by atoms with Crippen molar-refractivity contribution in [1.29, 1.82) is 0 Å². The molecular weight excluding hydrogens is 180 g/mol. The van der Waals surface area contributed by atoms with Gasteiger partial charge in [-0.15, -0.1) is 5.10 Å². The third-order valence-corrected chi connectivity index (χ3v) is 1.58. The molecule has 2 heterocycles. The lowest BCUT2D eigenvalue weighted by atomic mass is 10.4. The van der Waals surface area contributed by atoms with E-state index in [9.17, 15) is 4.79 Å². The van der Waals surface area contributed by atoms with E-state index in [-0.39, 0.29) is 5.69 Å². The molecular formula is C6H3ClN4O. The Morgan fingerprint density at radius 2 is 2.33 bits per heavy atom. The molecule has 1 N–H and O–H groups in total. The fraction of sp³-hybridized carbons (Fsp3) is 0. The molecule has 0 radical (unpaired) electrons. The highest BCUT2D eigenvalue weighted by Crippen LogP contribution is 2.12. The number of carbonyl (C=O) groups is 1. The van der Waals surface area contributed by atoms with Crippen molar-refractivity contribution in [3.63, 3.8) is 0 Å². The quantitative estimate of drug-likeness (QED) is 0.659. The second-order valence-corrected chi connectivity index (χ2v) is 2.50. The van der Waals surface area contributed by atoms with Crippen LogP contribution in [-0.2, 0) is 0 Å². The van der Waals surface area contributed by atoms with E-state index in [1.54, 1.807) is 0 Å². The van der Waals surface area contributed by atoms with Gasteiger partial charge in [-0.3, -0.25) is 4.79 Å². The van der Waals surface area contributed by atoms with Crippen molar-refractivity contribution < 1.29 is 4.79 Å². The van der Waals surface area contributed by atoms with Crippen molar-refractivity contribution in [3.8, 4) is 11.5 Å². The molecule has 0 aromatic carbocycles. The van der Waals surface area contributed by atoms with E-state index in [0.717, 1.165) is 0 Å². The number of fused-ring (bicyclic) bond motifs is 1. The number of aromatic nitrogens is 4. The van der Waals surface area contributed by atoms with Gasteiger partial charge in [0.25, 0.3) is 5.24 Å². The Morgan fingerprint density at radius 1 is 1.50 bits per heavy atom. The molecule has 2 rings (SSSR count). The molecule has 0 atom stereocenters. The highest BCUT2D eigenvalue weighted by molar-refractivity contribution is 6.67. The van der Waals surface area contributed by atoms with E-state index < -0.39 is 5.24 Å². The summed E-state index contributed by atoms with van der Waals surface area (Å²) < 4.78 is 0. The number of nitrogens with one attached hydrogen (secondary N) is 1. The second kappa shape index (κ2) is 2.53. The molecule has 0 aliphatic carbocycles. The van der Waals surface area contributed by atoms with E-state index in [4.69, 9.17) is 11.6 Å². The minimum atomic E-state index is -0.578. The predicted octanol–water partition coefficient (Wildman–Crippen LogP) is 0.683. The van der Waals surface area contributed by atoms with Crippen LogP contribution in [0.15, 0.2) is 12.4 Å². The van der Waals surface area contributed by atoms with Crippen LogP contribution in [0.3, 0.4) is 0 Å². The summed E-state index contributed by atoms with van der Waals surface area (Å²) in [6.45, 7) is 0. The van der Waals surface area contributed by atoms with Gasteiger partial charge in [0.15, 0.2) is 5.82 Å². The summed E-state index contributed by atoms with van der Waals surface area (Å²) in [4.78, 5) is 17.3. The molecule has 5 nitrogen and oxygen atoms in total. The van der Waals surface area contributed by atoms with Gasteiger partial charge in [0.1, 0.15) is 11.4 Å². The van der Waals surface area contributed by atoms with Crippen molar-refractivity contribution >= 4 is 16.8 Å². The first-order chi connectivity index (χ1) is 5.77. The molecule has 0 amide bonds. The predicted molar refractivity (Wildman–Crippen MR) is 41.0 cm³/mol. The number of H-pyrrole nitrogens is 1. The molecule has 0 fully saturated rings. The molecule has 0 saturated heterocycles. The monoisotopic (exact) mass is 182 g/mol. The van der Waals surface area contributed by atoms with Gasteiger partial charge in [-0.25, -0.2) is 4.98 Å². The summed E-state index contributed by atoms with van der Waals surface area (Å²) in [6.07, 6.45) is 2.80. The van der Waals surface area contributed by atoms with E-state index in [1.807, 2.05) is 0 Å². The van der Waals surface area contributed by atoms with Gasteiger partial charge >= 0.3 is 0 Å². The normalized spacial score (nSPS) is 10.4. The van der Waals surface area contributed by atoms with Gasteiger partial charge < -0.3 is 4.98 Å². The van der Waals surface area contributed by atoms with Gasteiger partial charge in [-0.2, -0.15) is 5.10 Å². The molecule has 0 saturated carbocycles. The Labute approximate surface area is 72.1 Å². The number of rotatable bonds is 1. The largest absolute Gasteiger partial charge is 0.346 e. The van der Waals surface area contributed by atoms with E-state index in [2.05, 4.69) is 20.2 Å². The molecule has 0 aromatic rings. The van der Waals surface area contributed by atoms with Gasteiger partial charge in [-0.05, 0) is 11.6 Å². The van der Waals surface area contributed by atoms with Gasteiger partial charge in [0.05, 0.1) is 12.4 Å². The van der Waals surface area contributed by atoms with Gasteiger partial charge in [0.2, 0.25) is 0 Å². The van der Waals surface area contributed by atoms with Crippen LogP contribution >= 0.6 is 11.6 Å². The topological polar surface area (TPSA) is 71.5 Å². The zero-order chi connectivity index (χ0) is 8.55. The maximum absolute atomic E-state index is 10.7. The first-order valence-electron chi connectivity index (χ1n) is 3.13. The fourth-order valence-electron chi connectivity index (χ4n) is 0.839. The van der Waals surface area contributed by atoms with Crippen molar-refractivity contribution in [2.75, 3.05) is 0 Å². The number of halogens is 1. The third-order valence-electron chi connectivity index (χ3n) is 1.38. The molecule has 0 bridgehead atoms. The first-order valence-corrected chi connectivity index (χ1v) is 3.51. The minimum absolute atomic E-state index is 0.235. The number of hydrogen-bond donors (Lipinski definition) is 1. The van der Waals surface area contributed by atoms with E-state index in [0.29, 0.717) is 11.5 Å². The fourth-order valence-corrected chi connectivity index (χ4v) is 0.935. The summed E-state index contributed by atoms with van der Waals surface area (Å²) in [5, 5.41) is 6.70. The number of hydrogen-bond acceptors (Lipinski definition) is 4. The van der Waals surface area contributed by atoms with Crippen LogP contribution in [0.5, 0.6) is 0 Å². The molecule has 2 aliphatic rings. The highest BCUT2D eigenvalue weighted by Gasteiger charge is 2.10. The Balaban J connectivity index is 2.62. The Kier molecular flexibility index (Phi) is 1.51. The number of aromatic amines is 1. The molecule has 0 spiro atoms. The standard InChI is InChI=1S/C6H3ClN4O/c7-5(12)3-1-8-6-4(10-3)2-9-11-6/h1-2,10H. The van der Waals surface area contributed by atoms with Crippen molar-refractivity contribution in [3.05, 3.63) is 18.1 Å². The van der Waals surface area contributed by atoms with Crippen LogP contribution in [0.4, 0.5) is 0 Å². The van der Waals surface area contributed by atoms with Crippen LogP contribution in [0.1, 0.15) is 10.5 Å². The van der Waals surface area contributed by atoms with Crippen LogP contribution < -0.4 is 0 Å². The Bertz CT molecular complexity index is 399. The van der Waals surface area contributed by atoms with Crippen molar-refractivity contribution in [2.45, 2.75) is 0 Å². The lowest BCUT2D eigenvalue weighted by molar-refractivity contribution is 0.107. The number of carbonyl (C=O) groups excluding carboxylic acids is 1. The molecule has 2 aliphatic heterocycles. The van der Waals surface area contributed by atoms with Crippen LogP contribution in [0, 0.1) is 0 Å². The van der Waals surface area contributed by atoms with Crippen LogP contribution in [0.2, 0.25) is 0 Å². The average molecular weight is 183 g/mol. The Hall–Kier alpha value is -1.49. The summed E-state index contributed by atoms with van der Waals surface area (Å²) in [7, 11) is 0. The summed E-state index contributed by atoms with van der Waals surface area (Å²) in [5.41, 5.74) is 0.834. The summed E-state index contributed by atoms with van der Waals surface area (Å²) in [5.74, 6) is 0.469. The zero-order valence-electron chi connectivity index (χ0n) is 5.78. The minimum Gasteiger partial charge on any atom is -0.346 e. The van der Waals surface area contributed by atoms with Crippen molar-refractivity contribution in [2.24, 2.45) is 0 Å².